The van der Waals surface area contributed by atoms with Gasteiger partial charge in [-0.2, -0.15) is 0 Å². The van der Waals surface area contributed by atoms with E-state index in [2.05, 4.69) is 0 Å². The Morgan fingerprint density at radius 3 is 2.48 bits per heavy atom. The minimum Gasteiger partial charge on any atom is -0.496 e. The molecule has 2 N–H and O–H groups in total. The summed E-state index contributed by atoms with van der Waals surface area (Å²) in [6.07, 6.45) is 0. The Morgan fingerprint density at radius 1 is 1.14 bits per heavy atom. The molecule has 0 heterocycles. The van der Waals surface area contributed by atoms with Gasteiger partial charge in [-0.3, -0.25) is 0 Å². The van der Waals surface area contributed by atoms with Crippen molar-refractivity contribution in [1.82, 2.24) is 0 Å². The Kier molecular flexibility index (Phi) is 5.06. The average Bonchev–Trinajstić information content (AvgIpc) is 2.46. The van der Waals surface area contributed by atoms with Crippen LogP contribution in [0.4, 0.5) is 4.39 Å². The molecule has 0 aromatic heterocycles. The normalized spacial score (nSPS) is 10.3. The van der Waals surface area contributed by atoms with Gasteiger partial charge in [-0.15, -0.1) is 0 Å². The number of halogens is 2. The van der Waals surface area contributed by atoms with Gasteiger partial charge >= 0.3 is 7.12 Å². The highest BCUT2D eigenvalue weighted by molar-refractivity contribution is 6.58. The molecule has 110 valence electrons. The lowest BCUT2D eigenvalue weighted by molar-refractivity contribution is 0.296. The van der Waals surface area contributed by atoms with Gasteiger partial charge in [0.05, 0.1) is 12.1 Å². The monoisotopic (exact) mass is 310 g/mol. The van der Waals surface area contributed by atoms with E-state index in [-0.39, 0.29) is 11.6 Å². The molecule has 0 saturated heterocycles. The zero-order valence-corrected chi connectivity index (χ0v) is 12.0. The van der Waals surface area contributed by atoms with Crippen molar-refractivity contribution in [2.75, 3.05) is 7.11 Å². The van der Waals surface area contributed by atoms with Gasteiger partial charge in [-0.1, -0.05) is 23.7 Å². The van der Waals surface area contributed by atoms with Crippen LogP contribution in [-0.4, -0.2) is 24.3 Å². The maximum absolute atomic E-state index is 13.0. The first kappa shape index (κ1) is 15.6. The van der Waals surface area contributed by atoms with Crippen molar-refractivity contribution in [3.8, 4) is 11.5 Å². The Bertz CT molecular complexity index is 636. The second-order valence-electron chi connectivity index (χ2n) is 4.31. The van der Waals surface area contributed by atoms with Crippen LogP contribution in [-0.2, 0) is 6.61 Å². The second-order valence-corrected chi connectivity index (χ2v) is 4.72. The Balaban J connectivity index is 2.20. The highest BCUT2D eigenvalue weighted by Gasteiger charge is 2.14. The Morgan fingerprint density at radius 2 is 1.86 bits per heavy atom. The van der Waals surface area contributed by atoms with E-state index in [1.165, 1.54) is 25.3 Å². The van der Waals surface area contributed by atoms with Crippen molar-refractivity contribution in [3.05, 3.63) is 52.8 Å². The van der Waals surface area contributed by atoms with Crippen molar-refractivity contribution in [2.24, 2.45) is 0 Å². The SMILES string of the molecule is COc1ccc(B(O)O)cc1COc1ccc(F)cc1Cl. The maximum Gasteiger partial charge on any atom is 0.488 e. The molecule has 0 bridgehead atoms. The van der Waals surface area contributed by atoms with E-state index < -0.39 is 12.9 Å². The molecule has 7 heteroatoms. The van der Waals surface area contributed by atoms with E-state index in [0.29, 0.717) is 22.5 Å². The lowest BCUT2D eigenvalue weighted by atomic mass is 9.79. The number of hydrogen-bond donors (Lipinski definition) is 2. The fourth-order valence-electron chi connectivity index (χ4n) is 1.82. The van der Waals surface area contributed by atoms with Crippen molar-refractivity contribution in [1.29, 1.82) is 0 Å². The predicted octanol–water partition coefficient (Wildman–Crippen LogP) is 1.75. The standard InChI is InChI=1S/C14H13BClFO4/c1-20-13-4-2-10(15(18)19)6-9(13)8-21-14-5-3-11(17)7-12(14)16/h2-7,18-19H,8H2,1H3. The van der Waals surface area contributed by atoms with Crippen molar-refractivity contribution in [3.63, 3.8) is 0 Å². The molecule has 4 nitrogen and oxygen atoms in total. The summed E-state index contributed by atoms with van der Waals surface area (Å²) in [5.74, 6) is 0.419. The summed E-state index contributed by atoms with van der Waals surface area (Å²) in [4.78, 5) is 0. The van der Waals surface area contributed by atoms with E-state index >= 15 is 0 Å². The molecule has 0 aliphatic heterocycles. The summed E-state index contributed by atoms with van der Waals surface area (Å²) in [7, 11) is -0.0808. The number of methoxy groups -OCH3 is 1. The molecule has 0 spiro atoms. The first-order chi connectivity index (χ1) is 10.0. The molecule has 2 rings (SSSR count). The molecular weight excluding hydrogens is 297 g/mol. The van der Waals surface area contributed by atoms with Gasteiger partial charge in [0.25, 0.3) is 0 Å². The molecule has 2 aromatic carbocycles. The fraction of sp³-hybridized carbons (Fsp3) is 0.143. The van der Waals surface area contributed by atoms with E-state index in [0.717, 1.165) is 6.07 Å². The smallest absolute Gasteiger partial charge is 0.488 e. The fourth-order valence-corrected chi connectivity index (χ4v) is 2.04. The van der Waals surface area contributed by atoms with Crippen LogP contribution in [0.2, 0.25) is 5.02 Å². The first-order valence-corrected chi connectivity index (χ1v) is 6.50. The van der Waals surface area contributed by atoms with E-state index in [9.17, 15) is 14.4 Å². The largest absolute Gasteiger partial charge is 0.496 e. The van der Waals surface area contributed by atoms with Gasteiger partial charge in [0.15, 0.2) is 0 Å². The van der Waals surface area contributed by atoms with E-state index in [1.807, 2.05) is 0 Å². The molecule has 0 aliphatic rings. The van der Waals surface area contributed by atoms with Crippen LogP contribution < -0.4 is 14.9 Å². The molecule has 0 fully saturated rings. The third-order valence-corrected chi connectivity index (χ3v) is 3.18. The second kappa shape index (κ2) is 6.80. The van der Waals surface area contributed by atoms with Crippen LogP contribution >= 0.6 is 11.6 Å². The number of benzene rings is 2. The first-order valence-electron chi connectivity index (χ1n) is 6.12. The molecular formula is C14H13BClFO4. The van der Waals surface area contributed by atoms with Crippen molar-refractivity contribution in [2.45, 2.75) is 6.61 Å². The summed E-state index contributed by atoms with van der Waals surface area (Å²) in [5, 5.41) is 18.5. The predicted molar refractivity (Wildman–Crippen MR) is 78.6 cm³/mol. The molecule has 0 amide bonds. The highest BCUT2D eigenvalue weighted by Crippen LogP contribution is 2.27. The minimum atomic E-state index is -1.58. The average molecular weight is 311 g/mol. The molecule has 0 aliphatic carbocycles. The molecule has 0 radical (unpaired) electrons. The van der Waals surface area contributed by atoms with Gasteiger partial charge in [-0.05, 0) is 29.7 Å². The molecule has 0 saturated carbocycles. The van der Waals surface area contributed by atoms with Gasteiger partial charge in [0.1, 0.15) is 23.9 Å². The summed E-state index contributed by atoms with van der Waals surface area (Å²) in [5.41, 5.74) is 0.933. The van der Waals surface area contributed by atoms with Crippen LogP contribution in [0.3, 0.4) is 0 Å². The lowest BCUT2D eigenvalue weighted by Crippen LogP contribution is -2.30. The third-order valence-electron chi connectivity index (χ3n) is 2.88. The van der Waals surface area contributed by atoms with Crippen molar-refractivity contribution >= 4 is 24.2 Å². The van der Waals surface area contributed by atoms with Gasteiger partial charge in [0, 0.05) is 5.56 Å². The zero-order chi connectivity index (χ0) is 15.4. The van der Waals surface area contributed by atoms with Crippen LogP contribution in [0.1, 0.15) is 5.56 Å². The highest BCUT2D eigenvalue weighted by atomic mass is 35.5. The van der Waals surface area contributed by atoms with Crippen LogP contribution in [0, 0.1) is 5.82 Å². The quantitative estimate of drug-likeness (QED) is 0.826. The van der Waals surface area contributed by atoms with Gasteiger partial charge in [0.2, 0.25) is 0 Å². The molecule has 0 atom stereocenters. The van der Waals surface area contributed by atoms with E-state index in [1.54, 1.807) is 12.1 Å². The van der Waals surface area contributed by atoms with E-state index in [4.69, 9.17) is 21.1 Å². The van der Waals surface area contributed by atoms with Crippen molar-refractivity contribution < 1.29 is 23.9 Å². The molecule has 21 heavy (non-hydrogen) atoms. The molecule has 0 unspecified atom stereocenters. The van der Waals surface area contributed by atoms with Gasteiger partial charge < -0.3 is 19.5 Å². The van der Waals surface area contributed by atoms with Crippen LogP contribution in [0.15, 0.2) is 36.4 Å². The number of rotatable bonds is 5. The number of hydrogen-bond acceptors (Lipinski definition) is 4. The topological polar surface area (TPSA) is 58.9 Å². The van der Waals surface area contributed by atoms with Crippen LogP contribution in [0.5, 0.6) is 11.5 Å². The zero-order valence-electron chi connectivity index (χ0n) is 11.2. The van der Waals surface area contributed by atoms with Gasteiger partial charge in [-0.25, -0.2) is 4.39 Å². The maximum atomic E-state index is 13.0. The molecule has 2 aromatic rings. The number of ether oxygens (including phenoxy) is 2. The minimum absolute atomic E-state index is 0.0923. The van der Waals surface area contributed by atoms with Crippen LogP contribution in [0.25, 0.3) is 0 Å². The summed E-state index contributed by atoms with van der Waals surface area (Å²) < 4.78 is 23.7. The summed E-state index contributed by atoms with van der Waals surface area (Å²) in [6.45, 7) is 0.0923. The lowest BCUT2D eigenvalue weighted by Gasteiger charge is -2.12. The third kappa shape index (κ3) is 3.88. The summed E-state index contributed by atoms with van der Waals surface area (Å²) >= 11 is 5.87. The summed E-state index contributed by atoms with van der Waals surface area (Å²) in [6, 6.07) is 8.53. The Hall–Kier alpha value is -1.76. The Labute approximate surface area is 126 Å².